The van der Waals surface area contributed by atoms with Crippen LogP contribution in [0.4, 0.5) is 0 Å². The summed E-state index contributed by atoms with van der Waals surface area (Å²) >= 11 is 6.36. The van der Waals surface area contributed by atoms with Crippen LogP contribution in [0.25, 0.3) is 0 Å². The highest BCUT2D eigenvalue weighted by atomic mass is 79.9. The zero-order valence-electron chi connectivity index (χ0n) is 5.73. The van der Waals surface area contributed by atoms with E-state index in [0.717, 1.165) is 11.8 Å². The topological polar surface area (TPSA) is 37.3 Å². The Morgan fingerprint density at radius 1 is 1.70 bits per heavy atom. The zero-order chi connectivity index (χ0) is 8.20. The van der Waals surface area contributed by atoms with Gasteiger partial charge >= 0.3 is 5.97 Å². The van der Waals surface area contributed by atoms with Crippen LogP contribution in [-0.4, -0.2) is 20.7 Å². The SMILES string of the molecule is CC(Br)(CCCBr)C(=O)O. The highest BCUT2D eigenvalue weighted by Gasteiger charge is 2.28. The molecule has 0 bridgehead atoms. The summed E-state index contributed by atoms with van der Waals surface area (Å²) in [5.41, 5.74) is 0. The molecule has 4 heteroatoms. The van der Waals surface area contributed by atoms with Crippen molar-refractivity contribution in [2.75, 3.05) is 5.33 Å². The molecule has 0 aliphatic carbocycles. The Balaban J connectivity index is 3.75. The molecule has 0 radical (unpaired) electrons. The summed E-state index contributed by atoms with van der Waals surface area (Å²) in [7, 11) is 0. The Hall–Kier alpha value is 0.430. The van der Waals surface area contributed by atoms with E-state index < -0.39 is 10.3 Å². The van der Waals surface area contributed by atoms with Crippen LogP contribution in [0, 0.1) is 0 Å². The number of carboxylic acids is 1. The van der Waals surface area contributed by atoms with E-state index in [-0.39, 0.29) is 0 Å². The molecule has 1 atom stereocenters. The molecular formula is C6H10Br2O2. The zero-order valence-corrected chi connectivity index (χ0v) is 8.90. The second kappa shape index (κ2) is 4.34. The van der Waals surface area contributed by atoms with Crippen molar-refractivity contribution in [3.8, 4) is 0 Å². The van der Waals surface area contributed by atoms with Gasteiger partial charge in [-0.05, 0) is 19.8 Å². The second-order valence-corrected chi connectivity index (χ2v) is 4.84. The van der Waals surface area contributed by atoms with Gasteiger partial charge in [-0.1, -0.05) is 31.9 Å². The summed E-state index contributed by atoms with van der Waals surface area (Å²) < 4.78 is -0.749. The highest BCUT2D eigenvalue weighted by Crippen LogP contribution is 2.23. The first-order valence-corrected chi connectivity index (χ1v) is 4.90. The molecule has 0 amide bonds. The van der Waals surface area contributed by atoms with Gasteiger partial charge in [0.25, 0.3) is 0 Å². The van der Waals surface area contributed by atoms with E-state index in [0.29, 0.717) is 6.42 Å². The number of hydrogen-bond donors (Lipinski definition) is 1. The van der Waals surface area contributed by atoms with Gasteiger partial charge in [-0.15, -0.1) is 0 Å². The van der Waals surface area contributed by atoms with E-state index in [1.54, 1.807) is 6.92 Å². The van der Waals surface area contributed by atoms with Crippen molar-refractivity contribution in [2.45, 2.75) is 24.1 Å². The van der Waals surface area contributed by atoms with E-state index in [9.17, 15) is 4.79 Å². The normalized spacial score (nSPS) is 16.3. The first kappa shape index (κ1) is 10.4. The Kier molecular flexibility index (Phi) is 4.52. The summed E-state index contributed by atoms with van der Waals surface area (Å²) in [5, 5.41) is 9.45. The van der Waals surface area contributed by atoms with E-state index in [4.69, 9.17) is 5.11 Å². The largest absolute Gasteiger partial charge is 0.480 e. The third-order valence-corrected chi connectivity index (χ3v) is 2.52. The minimum Gasteiger partial charge on any atom is -0.480 e. The van der Waals surface area contributed by atoms with Crippen LogP contribution in [0.1, 0.15) is 19.8 Å². The molecule has 0 aromatic heterocycles. The monoisotopic (exact) mass is 272 g/mol. The molecule has 0 saturated heterocycles. The summed E-state index contributed by atoms with van der Waals surface area (Å²) in [6.07, 6.45) is 1.52. The van der Waals surface area contributed by atoms with Crippen molar-refractivity contribution >= 4 is 37.8 Å². The highest BCUT2D eigenvalue weighted by molar-refractivity contribution is 9.10. The van der Waals surface area contributed by atoms with Crippen molar-refractivity contribution < 1.29 is 9.90 Å². The third kappa shape index (κ3) is 3.56. The van der Waals surface area contributed by atoms with Gasteiger partial charge in [0, 0.05) is 5.33 Å². The molecule has 0 rings (SSSR count). The predicted octanol–water partition coefficient (Wildman–Crippen LogP) is 2.40. The fourth-order valence-corrected chi connectivity index (χ4v) is 1.07. The Morgan fingerprint density at radius 3 is 2.50 bits per heavy atom. The molecule has 0 saturated carbocycles. The lowest BCUT2D eigenvalue weighted by atomic mass is 10.1. The molecule has 1 unspecified atom stereocenters. The van der Waals surface area contributed by atoms with Crippen molar-refractivity contribution in [1.29, 1.82) is 0 Å². The maximum absolute atomic E-state index is 10.5. The van der Waals surface area contributed by atoms with Gasteiger partial charge in [-0.25, -0.2) is 0 Å². The van der Waals surface area contributed by atoms with Crippen molar-refractivity contribution in [3.05, 3.63) is 0 Å². The number of halogens is 2. The van der Waals surface area contributed by atoms with Gasteiger partial charge in [0.1, 0.15) is 4.32 Å². The molecule has 0 heterocycles. The lowest BCUT2D eigenvalue weighted by Crippen LogP contribution is -2.27. The molecule has 2 nitrogen and oxygen atoms in total. The van der Waals surface area contributed by atoms with Gasteiger partial charge in [-0.2, -0.15) is 0 Å². The van der Waals surface area contributed by atoms with Crippen LogP contribution in [0.5, 0.6) is 0 Å². The fourth-order valence-electron chi connectivity index (χ4n) is 0.506. The van der Waals surface area contributed by atoms with Crippen LogP contribution in [0.2, 0.25) is 0 Å². The van der Waals surface area contributed by atoms with E-state index in [1.165, 1.54) is 0 Å². The minimum atomic E-state index is -0.798. The number of alkyl halides is 2. The van der Waals surface area contributed by atoms with Gasteiger partial charge in [-0.3, -0.25) is 4.79 Å². The van der Waals surface area contributed by atoms with Crippen LogP contribution in [-0.2, 0) is 4.79 Å². The Labute approximate surface area is 77.3 Å². The second-order valence-electron chi connectivity index (χ2n) is 2.30. The molecule has 1 N–H and O–H groups in total. The number of rotatable bonds is 4. The fraction of sp³-hybridized carbons (Fsp3) is 0.833. The Bertz CT molecular complexity index is 123. The molecule has 0 aliphatic rings. The number of carbonyl (C=O) groups is 1. The standard InChI is InChI=1S/C6H10Br2O2/c1-6(8,5(9)10)3-2-4-7/h2-4H2,1H3,(H,9,10). The molecule has 0 aliphatic heterocycles. The van der Waals surface area contributed by atoms with Crippen LogP contribution < -0.4 is 0 Å². The molecule has 0 fully saturated rings. The minimum absolute atomic E-state index is 0.646. The first-order chi connectivity index (χ1) is 4.50. The molecule has 60 valence electrons. The smallest absolute Gasteiger partial charge is 0.320 e. The molecule has 0 aromatic rings. The van der Waals surface area contributed by atoms with Crippen LogP contribution in [0.3, 0.4) is 0 Å². The lowest BCUT2D eigenvalue weighted by Gasteiger charge is -2.15. The molecule has 10 heavy (non-hydrogen) atoms. The first-order valence-electron chi connectivity index (χ1n) is 2.99. The number of aliphatic carboxylic acids is 1. The number of carboxylic acid groups (broad SMARTS) is 1. The Morgan fingerprint density at radius 2 is 2.20 bits per heavy atom. The van der Waals surface area contributed by atoms with Crippen LogP contribution >= 0.6 is 31.9 Å². The molecular weight excluding hydrogens is 264 g/mol. The van der Waals surface area contributed by atoms with Crippen LogP contribution in [0.15, 0.2) is 0 Å². The summed E-state index contributed by atoms with van der Waals surface area (Å²) in [4.78, 5) is 10.5. The summed E-state index contributed by atoms with van der Waals surface area (Å²) in [5.74, 6) is -0.798. The van der Waals surface area contributed by atoms with Gasteiger partial charge in [0.15, 0.2) is 0 Å². The maximum atomic E-state index is 10.5. The van der Waals surface area contributed by atoms with Gasteiger partial charge in [0.2, 0.25) is 0 Å². The number of hydrogen-bond acceptors (Lipinski definition) is 1. The van der Waals surface area contributed by atoms with Crippen molar-refractivity contribution in [3.63, 3.8) is 0 Å². The third-order valence-electron chi connectivity index (χ3n) is 1.23. The maximum Gasteiger partial charge on any atom is 0.320 e. The van der Waals surface area contributed by atoms with Gasteiger partial charge < -0.3 is 5.11 Å². The summed E-state index contributed by atoms with van der Waals surface area (Å²) in [6, 6.07) is 0. The molecule has 0 spiro atoms. The average molecular weight is 274 g/mol. The summed E-state index contributed by atoms with van der Waals surface area (Å²) in [6.45, 7) is 1.66. The van der Waals surface area contributed by atoms with Crippen molar-refractivity contribution in [1.82, 2.24) is 0 Å². The molecule has 0 aromatic carbocycles. The average Bonchev–Trinajstić information content (AvgIpc) is 1.84. The van der Waals surface area contributed by atoms with Gasteiger partial charge in [0.05, 0.1) is 0 Å². The lowest BCUT2D eigenvalue weighted by molar-refractivity contribution is -0.139. The van der Waals surface area contributed by atoms with E-state index in [1.807, 2.05) is 0 Å². The van der Waals surface area contributed by atoms with E-state index >= 15 is 0 Å². The van der Waals surface area contributed by atoms with Crippen molar-refractivity contribution in [2.24, 2.45) is 0 Å². The quantitative estimate of drug-likeness (QED) is 0.799. The predicted molar refractivity (Wildman–Crippen MR) is 48.0 cm³/mol. The van der Waals surface area contributed by atoms with E-state index in [2.05, 4.69) is 31.9 Å².